The van der Waals surface area contributed by atoms with Gasteiger partial charge in [0, 0.05) is 12.3 Å². The van der Waals surface area contributed by atoms with Crippen molar-refractivity contribution >= 4 is 5.78 Å². The summed E-state index contributed by atoms with van der Waals surface area (Å²) in [6.45, 7) is 6.39. The molecule has 1 fully saturated rings. The van der Waals surface area contributed by atoms with Crippen molar-refractivity contribution in [3.63, 3.8) is 0 Å². The van der Waals surface area contributed by atoms with Gasteiger partial charge in [0.2, 0.25) is 0 Å². The molecule has 0 N–H and O–H groups in total. The van der Waals surface area contributed by atoms with Gasteiger partial charge in [-0.25, -0.2) is 0 Å². The molecule has 0 amide bonds. The van der Waals surface area contributed by atoms with Crippen LogP contribution < -0.4 is 0 Å². The van der Waals surface area contributed by atoms with Gasteiger partial charge in [-0.2, -0.15) is 0 Å². The molecular formula is C14H26O2. The summed E-state index contributed by atoms with van der Waals surface area (Å²) in [4.78, 5) is 12.0. The Labute approximate surface area is 99.8 Å². The summed E-state index contributed by atoms with van der Waals surface area (Å²) in [7, 11) is 0. The number of unbranched alkanes of at least 4 members (excludes halogenated alkanes) is 2. The third-order valence-corrected chi connectivity index (χ3v) is 3.47. The fourth-order valence-electron chi connectivity index (χ4n) is 2.53. The molecule has 1 rings (SSSR count). The minimum Gasteiger partial charge on any atom is -0.374 e. The Morgan fingerprint density at radius 1 is 1.19 bits per heavy atom. The van der Waals surface area contributed by atoms with Crippen LogP contribution in [-0.2, 0) is 9.53 Å². The normalized spacial score (nSPS) is 30.7. The summed E-state index contributed by atoms with van der Waals surface area (Å²) < 4.78 is 5.95. The van der Waals surface area contributed by atoms with Gasteiger partial charge in [-0.05, 0) is 19.8 Å². The number of hydrogen-bond acceptors (Lipinski definition) is 2. The molecule has 16 heavy (non-hydrogen) atoms. The largest absolute Gasteiger partial charge is 0.374 e. The highest BCUT2D eigenvalue weighted by atomic mass is 16.5. The predicted octanol–water partition coefficient (Wildman–Crippen LogP) is 3.73. The molecule has 1 aliphatic heterocycles. The van der Waals surface area contributed by atoms with Crippen molar-refractivity contribution in [1.82, 2.24) is 0 Å². The molecule has 1 aliphatic rings. The van der Waals surface area contributed by atoms with Gasteiger partial charge in [0.25, 0.3) is 0 Å². The Hall–Kier alpha value is -0.370. The first-order chi connectivity index (χ1) is 7.69. The molecule has 2 heteroatoms. The molecule has 0 bridgehead atoms. The number of ketones is 1. The van der Waals surface area contributed by atoms with E-state index < -0.39 is 0 Å². The molecule has 0 spiro atoms. The van der Waals surface area contributed by atoms with Crippen LogP contribution in [0.25, 0.3) is 0 Å². The van der Waals surface area contributed by atoms with Gasteiger partial charge in [0.1, 0.15) is 5.78 Å². The van der Waals surface area contributed by atoms with Crippen molar-refractivity contribution in [1.29, 1.82) is 0 Å². The molecule has 94 valence electrons. The van der Waals surface area contributed by atoms with Gasteiger partial charge in [0.05, 0.1) is 12.2 Å². The number of Topliss-reactive ketones (excluding diaryl/α,β-unsaturated/α-hetero) is 1. The van der Waals surface area contributed by atoms with Crippen LogP contribution in [-0.4, -0.2) is 18.0 Å². The zero-order chi connectivity index (χ0) is 12.0. The van der Waals surface area contributed by atoms with Gasteiger partial charge >= 0.3 is 0 Å². The molecule has 0 aromatic carbocycles. The second-order valence-corrected chi connectivity index (χ2v) is 5.05. The Kier molecular flexibility index (Phi) is 6.04. The van der Waals surface area contributed by atoms with Crippen LogP contribution in [0.1, 0.15) is 65.7 Å². The summed E-state index contributed by atoms with van der Waals surface area (Å²) >= 11 is 0. The Bertz CT molecular complexity index is 213. The first kappa shape index (κ1) is 13.7. The Morgan fingerprint density at radius 3 is 2.44 bits per heavy atom. The van der Waals surface area contributed by atoms with Crippen LogP contribution in [0.2, 0.25) is 0 Å². The summed E-state index contributed by atoms with van der Waals surface area (Å²) in [6.07, 6.45) is 7.70. The maximum absolute atomic E-state index is 12.0. The van der Waals surface area contributed by atoms with E-state index in [0.717, 1.165) is 19.3 Å². The lowest BCUT2D eigenvalue weighted by Gasteiger charge is -2.34. The molecule has 0 radical (unpaired) electrons. The molecule has 3 atom stereocenters. The first-order valence-corrected chi connectivity index (χ1v) is 6.87. The van der Waals surface area contributed by atoms with E-state index in [9.17, 15) is 4.79 Å². The van der Waals surface area contributed by atoms with E-state index in [1.165, 1.54) is 19.3 Å². The molecule has 1 saturated heterocycles. The van der Waals surface area contributed by atoms with Gasteiger partial charge < -0.3 is 4.74 Å². The van der Waals surface area contributed by atoms with Crippen LogP contribution >= 0.6 is 0 Å². The average molecular weight is 226 g/mol. The zero-order valence-electron chi connectivity index (χ0n) is 11.0. The van der Waals surface area contributed by atoms with E-state index in [0.29, 0.717) is 12.2 Å². The third kappa shape index (κ3) is 3.89. The van der Waals surface area contributed by atoms with Gasteiger partial charge in [-0.1, -0.05) is 39.5 Å². The number of hydrogen-bond donors (Lipinski definition) is 0. The van der Waals surface area contributed by atoms with Crippen LogP contribution in [0, 0.1) is 5.92 Å². The molecule has 0 aromatic rings. The Morgan fingerprint density at radius 2 is 1.81 bits per heavy atom. The highest BCUT2D eigenvalue weighted by Gasteiger charge is 2.34. The van der Waals surface area contributed by atoms with E-state index >= 15 is 0 Å². The molecule has 1 heterocycles. The van der Waals surface area contributed by atoms with Gasteiger partial charge in [-0.3, -0.25) is 4.79 Å². The standard InChI is InChI=1S/C14H26O2/c1-4-6-8-12-13(15)10-11(3)16-14(12)9-7-5-2/h11-12,14H,4-10H2,1-3H3/t11-,12+,14+/m0/s1. The van der Waals surface area contributed by atoms with E-state index in [2.05, 4.69) is 13.8 Å². The van der Waals surface area contributed by atoms with E-state index in [1.54, 1.807) is 0 Å². The SMILES string of the molecule is CCCC[C@@H]1C(=O)C[C@H](C)O[C@@H]1CCCC. The van der Waals surface area contributed by atoms with E-state index in [-0.39, 0.29) is 18.1 Å². The minimum atomic E-state index is 0.132. The van der Waals surface area contributed by atoms with Gasteiger partial charge in [-0.15, -0.1) is 0 Å². The third-order valence-electron chi connectivity index (χ3n) is 3.47. The maximum atomic E-state index is 12.0. The molecular weight excluding hydrogens is 200 g/mol. The van der Waals surface area contributed by atoms with Crippen molar-refractivity contribution in [2.45, 2.75) is 77.9 Å². The highest BCUT2D eigenvalue weighted by molar-refractivity contribution is 5.82. The fourth-order valence-corrected chi connectivity index (χ4v) is 2.53. The zero-order valence-corrected chi connectivity index (χ0v) is 11.0. The van der Waals surface area contributed by atoms with Crippen molar-refractivity contribution in [3.8, 4) is 0 Å². The van der Waals surface area contributed by atoms with Crippen molar-refractivity contribution in [2.75, 3.05) is 0 Å². The quantitative estimate of drug-likeness (QED) is 0.690. The van der Waals surface area contributed by atoms with Crippen molar-refractivity contribution < 1.29 is 9.53 Å². The van der Waals surface area contributed by atoms with Crippen molar-refractivity contribution in [2.24, 2.45) is 5.92 Å². The summed E-state index contributed by atoms with van der Waals surface area (Å²) in [5.41, 5.74) is 0. The summed E-state index contributed by atoms with van der Waals surface area (Å²) in [6, 6.07) is 0. The fraction of sp³-hybridized carbons (Fsp3) is 0.929. The lowest BCUT2D eigenvalue weighted by molar-refractivity contribution is -0.146. The summed E-state index contributed by atoms with van der Waals surface area (Å²) in [5.74, 6) is 0.621. The molecule has 0 aliphatic carbocycles. The summed E-state index contributed by atoms with van der Waals surface area (Å²) in [5, 5.41) is 0. The minimum absolute atomic E-state index is 0.132. The smallest absolute Gasteiger partial charge is 0.141 e. The van der Waals surface area contributed by atoms with Gasteiger partial charge in [0.15, 0.2) is 0 Å². The number of ether oxygens (including phenoxy) is 1. The van der Waals surface area contributed by atoms with Crippen LogP contribution in [0.3, 0.4) is 0 Å². The lowest BCUT2D eigenvalue weighted by Crippen LogP contribution is -2.40. The molecule has 0 aromatic heterocycles. The maximum Gasteiger partial charge on any atom is 0.141 e. The number of carbonyl (C=O) groups is 1. The van der Waals surface area contributed by atoms with Crippen LogP contribution in [0.5, 0.6) is 0 Å². The second-order valence-electron chi connectivity index (χ2n) is 5.05. The van der Waals surface area contributed by atoms with E-state index in [4.69, 9.17) is 4.74 Å². The first-order valence-electron chi connectivity index (χ1n) is 6.87. The highest BCUT2D eigenvalue weighted by Crippen LogP contribution is 2.29. The second kappa shape index (κ2) is 7.05. The van der Waals surface area contributed by atoms with E-state index in [1.807, 2.05) is 6.92 Å². The Balaban J connectivity index is 2.53. The van der Waals surface area contributed by atoms with Crippen molar-refractivity contribution in [3.05, 3.63) is 0 Å². The number of carbonyl (C=O) groups excluding carboxylic acids is 1. The molecule has 2 nitrogen and oxygen atoms in total. The monoisotopic (exact) mass is 226 g/mol. The van der Waals surface area contributed by atoms with Crippen LogP contribution in [0.15, 0.2) is 0 Å². The van der Waals surface area contributed by atoms with Crippen LogP contribution in [0.4, 0.5) is 0 Å². The molecule has 0 saturated carbocycles. The lowest BCUT2D eigenvalue weighted by atomic mass is 9.84. The average Bonchev–Trinajstić information content (AvgIpc) is 2.24. The topological polar surface area (TPSA) is 26.3 Å². The predicted molar refractivity (Wildman–Crippen MR) is 66.5 cm³/mol. The molecule has 0 unspecified atom stereocenters. The number of rotatable bonds is 6.